The first-order valence-electron chi connectivity index (χ1n) is 9.71. The first-order chi connectivity index (χ1) is 15.4. The Bertz CT molecular complexity index is 1090. The standard InChI is InChI=1S/C23H24N2O6S/c1-14-7-5-6-8-17(14)25-20(26)11-21-24-16(13-32-21)12-31-23(27)15-9-18(28-2)22(30-4)19(10-15)29-3/h5-10,13H,11-12H2,1-4H3,(H,25,26). The van der Waals surface area contributed by atoms with Gasteiger partial charge >= 0.3 is 5.97 Å². The molecule has 8 nitrogen and oxygen atoms in total. The van der Waals surface area contributed by atoms with Crippen LogP contribution in [-0.4, -0.2) is 38.2 Å². The Morgan fingerprint density at radius 2 is 1.72 bits per heavy atom. The maximum absolute atomic E-state index is 12.5. The summed E-state index contributed by atoms with van der Waals surface area (Å²) < 4.78 is 21.1. The first kappa shape index (κ1) is 23.1. The van der Waals surface area contributed by atoms with Crippen LogP contribution in [0, 0.1) is 6.92 Å². The van der Waals surface area contributed by atoms with Crippen LogP contribution in [0.15, 0.2) is 41.8 Å². The van der Waals surface area contributed by atoms with Gasteiger partial charge in [-0.25, -0.2) is 9.78 Å². The molecule has 0 aliphatic heterocycles. The zero-order valence-corrected chi connectivity index (χ0v) is 19.1. The molecule has 1 aromatic heterocycles. The van der Waals surface area contributed by atoms with E-state index in [1.807, 2.05) is 31.2 Å². The van der Waals surface area contributed by atoms with Crippen LogP contribution in [0.25, 0.3) is 0 Å². The number of aryl methyl sites for hydroxylation is 1. The van der Waals surface area contributed by atoms with Crippen molar-refractivity contribution in [2.24, 2.45) is 0 Å². The molecule has 0 aliphatic rings. The monoisotopic (exact) mass is 456 g/mol. The number of nitrogens with one attached hydrogen (secondary N) is 1. The number of amides is 1. The van der Waals surface area contributed by atoms with Crippen LogP contribution in [0.3, 0.4) is 0 Å². The van der Waals surface area contributed by atoms with Gasteiger partial charge in [-0.3, -0.25) is 4.79 Å². The molecule has 0 spiro atoms. The maximum Gasteiger partial charge on any atom is 0.338 e. The van der Waals surface area contributed by atoms with Gasteiger partial charge in [-0.05, 0) is 30.7 Å². The fourth-order valence-corrected chi connectivity index (χ4v) is 3.74. The second kappa shape index (κ2) is 10.6. The number of rotatable bonds is 9. The summed E-state index contributed by atoms with van der Waals surface area (Å²) in [6.07, 6.45) is 0.139. The summed E-state index contributed by atoms with van der Waals surface area (Å²) in [5, 5.41) is 5.28. The average molecular weight is 457 g/mol. The molecule has 0 fully saturated rings. The number of esters is 1. The zero-order valence-electron chi connectivity index (χ0n) is 18.3. The SMILES string of the molecule is COc1cc(C(=O)OCc2csc(CC(=O)Nc3ccccc3C)n2)cc(OC)c1OC. The van der Waals surface area contributed by atoms with Crippen molar-refractivity contribution in [1.82, 2.24) is 4.98 Å². The Hall–Kier alpha value is -3.59. The molecule has 1 N–H and O–H groups in total. The van der Waals surface area contributed by atoms with Gasteiger partial charge in [-0.1, -0.05) is 18.2 Å². The molecule has 2 aromatic carbocycles. The third-order valence-corrected chi connectivity index (χ3v) is 5.48. The highest BCUT2D eigenvalue weighted by Gasteiger charge is 2.18. The normalized spacial score (nSPS) is 10.4. The van der Waals surface area contributed by atoms with Crippen molar-refractivity contribution >= 4 is 28.9 Å². The lowest BCUT2D eigenvalue weighted by Gasteiger charge is -2.13. The molecule has 32 heavy (non-hydrogen) atoms. The Kier molecular flexibility index (Phi) is 7.67. The fraction of sp³-hybridized carbons (Fsp3) is 0.261. The molecular formula is C23H24N2O6S. The predicted molar refractivity (Wildman–Crippen MR) is 121 cm³/mol. The molecule has 0 atom stereocenters. The van der Waals surface area contributed by atoms with Gasteiger partial charge < -0.3 is 24.3 Å². The second-order valence-corrected chi connectivity index (χ2v) is 7.71. The minimum atomic E-state index is -0.559. The third kappa shape index (κ3) is 5.55. The average Bonchev–Trinajstić information content (AvgIpc) is 3.24. The first-order valence-corrected chi connectivity index (χ1v) is 10.6. The van der Waals surface area contributed by atoms with E-state index in [0.717, 1.165) is 11.3 Å². The quantitative estimate of drug-likeness (QED) is 0.486. The van der Waals surface area contributed by atoms with Crippen molar-refractivity contribution < 1.29 is 28.5 Å². The number of methoxy groups -OCH3 is 3. The number of hydrogen-bond acceptors (Lipinski definition) is 8. The van der Waals surface area contributed by atoms with Crippen LogP contribution in [0.2, 0.25) is 0 Å². The number of hydrogen-bond donors (Lipinski definition) is 1. The van der Waals surface area contributed by atoms with E-state index in [4.69, 9.17) is 18.9 Å². The van der Waals surface area contributed by atoms with Crippen LogP contribution in [0.5, 0.6) is 17.2 Å². The molecule has 9 heteroatoms. The highest BCUT2D eigenvalue weighted by molar-refractivity contribution is 7.09. The van der Waals surface area contributed by atoms with E-state index in [1.165, 1.54) is 44.8 Å². The van der Waals surface area contributed by atoms with Gasteiger partial charge in [0, 0.05) is 11.1 Å². The van der Waals surface area contributed by atoms with Crippen LogP contribution in [0.1, 0.15) is 26.6 Å². The van der Waals surface area contributed by atoms with E-state index < -0.39 is 5.97 Å². The number of aromatic nitrogens is 1. The lowest BCUT2D eigenvalue weighted by atomic mass is 10.2. The number of nitrogens with zero attached hydrogens (tertiary/aromatic N) is 1. The van der Waals surface area contributed by atoms with Gasteiger partial charge in [0.15, 0.2) is 11.5 Å². The highest BCUT2D eigenvalue weighted by Crippen LogP contribution is 2.38. The molecule has 0 aliphatic carbocycles. The van der Waals surface area contributed by atoms with Crippen LogP contribution in [0.4, 0.5) is 5.69 Å². The van der Waals surface area contributed by atoms with Gasteiger partial charge in [-0.2, -0.15) is 0 Å². The Morgan fingerprint density at radius 3 is 2.34 bits per heavy atom. The van der Waals surface area contributed by atoms with Crippen molar-refractivity contribution in [3.63, 3.8) is 0 Å². The zero-order chi connectivity index (χ0) is 23.1. The number of carbonyl (C=O) groups is 2. The van der Waals surface area contributed by atoms with Crippen molar-refractivity contribution in [2.75, 3.05) is 26.6 Å². The summed E-state index contributed by atoms with van der Waals surface area (Å²) in [4.78, 5) is 29.2. The summed E-state index contributed by atoms with van der Waals surface area (Å²) in [6.45, 7) is 1.91. The molecule has 3 rings (SSSR count). The molecule has 0 saturated carbocycles. The maximum atomic E-state index is 12.5. The van der Waals surface area contributed by atoms with E-state index in [-0.39, 0.29) is 24.5 Å². The van der Waals surface area contributed by atoms with E-state index in [9.17, 15) is 9.59 Å². The fourth-order valence-electron chi connectivity index (χ4n) is 2.96. The van der Waals surface area contributed by atoms with E-state index >= 15 is 0 Å². The van der Waals surface area contributed by atoms with Crippen LogP contribution < -0.4 is 19.5 Å². The third-order valence-electron chi connectivity index (χ3n) is 4.58. The summed E-state index contributed by atoms with van der Waals surface area (Å²) in [6, 6.07) is 10.6. The summed E-state index contributed by atoms with van der Waals surface area (Å²) in [5.41, 5.74) is 2.58. The van der Waals surface area contributed by atoms with Gasteiger partial charge in [0.1, 0.15) is 11.6 Å². The van der Waals surface area contributed by atoms with E-state index in [0.29, 0.717) is 28.0 Å². The van der Waals surface area contributed by atoms with Crippen molar-refractivity contribution in [2.45, 2.75) is 20.0 Å². The topological polar surface area (TPSA) is 96.0 Å². The molecule has 1 amide bonds. The summed E-state index contributed by atoms with van der Waals surface area (Å²) in [7, 11) is 4.43. The molecule has 0 bridgehead atoms. The van der Waals surface area contributed by atoms with Crippen molar-refractivity contribution in [3.05, 3.63) is 63.6 Å². The van der Waals surface area contributed by atoms with Crippen LogP contribution >= 0.6 is 11.3 Å². The Labute approximate surface area is 190 Å². The van der Waals surface area contributed by atoms with Crippen LogP contribution in [-0.2, 0) is 22.6 Å². The van der Waals surface area contributed by atoms with Gasteiger partial charge in [0.25, 0.3) is 0 Å². The highest BCUT2D eigenvalue weighted by atomic mass is 32.1. The number of para-hydroxylation sites is 1. The van der Waals surface area contributed by atoms with E-state index in [2.05, 4.69) is 10.3 Å². The van der Waals surface area contributed by atoms with Crippen molar-refractivity contribution in [1.29, 1.82) is 0 Å². The Morgan fingerprint density at radius 1 is 1.03 bits per heavy atom. The molecule has 1 heterocycles. The van der Waals surface area contributed by atoms with Gasteiger partial charge in [0.05, 0.1) is 39.0 Å². The van der Waals surface area contributed by atoms with Gasteiger partial charge in [-0.15, -0.1) is 11.3 Å². The predicted octanol–water partition coefficient (Wildman–Crippen LogP) is 4.02. The number of benzene rings is 2. The van der Waals surface area contributed by atoms with Gasteiger partial charge in [0.2, 0.25) is 11.7 Å². The lowest BCUT2D eigenvalue weighted by Crippen LogP contribution is -2.15. The number of ether oxygens (including phenoxy) is 4. The number of carbonyl (C=O) groups excluding carboxylic acids is 2. The number of thiazole rings is 1. The molecule has 0 saturated heterocycles. The lowest BCUT2D eigenvalue weighted by molar-refractivity contribution is -0.115. The molecule has 0 radical (unpaired) electrons. The molecule has 0 unspecified atom stereocenters. The van der Waals surface area contributed by atoms with Crippen molar-refractivity contribution in [3.8, 4) is 17.2 Å². The smallest absolute Gasteiger partial charge is 0.338 e. The minimum Gasteiger partial charge on any atom is -0.493 e. The second-order valence-electron chi connectivity index (χ2n) is 6.76. The number of anilines is 1. The summed E-state index contributed by atoms with van der Waals surface area (Å²) in [5.74, 6) is 0.384. The summed E-state index contributed by atoms with van der Waals surface area (Å²) >= 11 is 1.34. The largest absolute Gasteiger partial charge is 0.493 e. The molecule has 3 aromatic rings. The Balaban J connectivity index is 1.60. The minimum absolute atomic E-state index is 0.0224. The molecular weight excluding hydrogens is 432 g/mol. The van der Waals surface area contributed by atoms with E-state index in [1.54, 1.807) is 5.38 Å². The molecule has 168 valence electrons.